The first kappa shape index (κ1) is 18.6. The molecule has 0 spiro atoms. The van der Waals surface area contributed by atoms with Gasteiger partial charge in [0.1, 0.15) is 12.3 Å². The van der Waals surface area contributed by atoms with Crippen LogP contribution in [0.25, 0.3) is 0 Å². The Labute approximate surface area is 147 Å². The van der Waals surface area contributed by atoms with Crippen LogP contribution in [0.4, 0.5) is 5.69 Å². The fraction of sp³-hybridized carbons (Fsp3) is 0.316. The number of hydrogen-bond acceptors (Lipinski definition) is 5. The second kappa shape index (κ2) is 7.90. The molecule has 1 heterocycles. The van der Waals surface area contributed by atoms with Gasteiger partial charge in [-0.25, -0.2) is 0 Å². The lowest BCUT2D eigenvalue weighted by atomic mass is 10.1. The Morgan fingerprint density at radius 2 is 1.88 bits per heavy atom. The maximum Gasteiger partial charge on any atom is 0.246 e. The first-order valence-electron chi connectivity index (χ1n) is 7.99. The van der Waals surface area contributed by atoms with Crippen LogP contribution in [-0.4, -0.2) is 33.9 Å². The molecule has 1 amide bonds. The Hall–Kier alpha value is -2.73. The van der Waals surface area contributed by atoms with E-state index in [0.29, 0.717) is 16.8 Å². The molecule has 1 aromatic heterocycles. The average molecular weight is 341 g/mol. The minimum absolute atomic E-state index is 0.0408. The second-order valence-electron chi connectivity index (χ2n) is 6.08. The maximum atomic E-state index is 12.1. The van der Waals surface area contributed by atoms with E-state index in [9.17, 15) is 15.0 Å². The Balaban J connectivity index is 2.11. The van der Waals surface area contributed by atoms with E-state index in [1.165, 1.54) is 12.4 Å². The number of aromatic nitrogens is 1. The minimum Gasteiger partial charge on any atom is -0.505 e. The average Bonchev–Trinajstić information content (AvgIpc) is 2.55. The highest BCUT2D eigenvalue weighted by atomic mass is 16.3. The topological polar surface area (TPSA) is 94.8 Å². The number of pyridine rings is 1. The van der Waals surface area contributed by atoms with E-state index in [2.05, 4.69) is 15.3 Å². The van der Waals surface area contributed by atoms with Gasteiger partial charge in [0.05, 0.1) is 12.3 Å². The van der Waals surface area contributed by atoms with E-state index in [4.69, 9.17) is 0 Å². The van der Waals surface area contributed by atoms with Crippen molar-refractivity contribution in [3.8, 4) is 5.75 Å². The molecule has 6 heteroatoms. The van der Waals surface area contributed by atoms with Gasteiger partial charge in [-0.05, 0) is 38.8 Å². The lowest BCUT2D eigenvalue weighted by Gasteiger charge is -2.12. The molecule has 0 aliphatic carbocycles. The third kappa shape index (κ3) is 4.42. The third-order valence-corrected chi connectivity index (χ3v) is 3.92. The summed E-state index contributed by atoms with van der Waals surface area (Å²) in [6.45, 7) is 7.21. The van der Waals surface area contributed by atoms with Crippen molar-refractivity contribution in [1.29, 1.82) is 0 Å². The summed E-state index contributed by atoms with van der Waals surface area (Å²) in [4.78, 5) is 20.2. The number of aromatic hydroxyl groups is 1. The van der Waals surface area contributed by atoms with Gasteiger partial charge in [0.2, 0.25) is 5.91 Å². The number of aliphatic hydroxyl groups is 1. The summed E-state index contributed by atoms with van der Waals surface area (Å²) < 4.78 is 0. The van der Waals surface area contributed by atoms with Crippen molar-refractivity contribution in [3.63, 3.8) is 0 Å². The van der Waals surface area contributed by atoms with Crippen LogP contribution in [0.5, 0.6) is 5.75 Å². The molecule has 0 atom stereocenters. The molecule has 6 nitrogen and oxygen atoms in total. The van der Waals surface area contributed by atoms with E-state index in [0.717, 1.165) is 22.4 Å². The van der Waals surface area contributed by atoms with E-state index in [1.807, 2.05) is 32.9 Å². The van der Waals surface area contributed by atoms with Crippen LogP contribution >= 0.6 is 0 Å². The van der Waals surface area contributed by atoms with Crippen molar-refractivity contribution in [3.05, 3.63) is 51.8 Å². The van der Waals surface area contributed by atoms with Crippen LogP contribution < -0.4 is 5.32 Å². The summed E-state index contributed by atoms with van der Waals surface area (Å²) in [5, 5.41) is 22.2. The molecule has 0 aliphatic rings. The molecule has 0 saturated heterocycles. The normalized spacial score (nSPS) is 11.1. The summed E-state index contributed by atoms with van der Waals surface area (Å²) >= 11 is 0. The molecule has 0 aliphatic heterocycles. The summed E-state index contributed by atoms with van der Waals surface area (Å²) in [6.07, 6.45) is 2.87. The fourth-order valence-electron chi connectivity index (χ4n) is 2.70. The number of amides is 1. The molecule has 2 aromatic rings. The fourth-order valence-corrected chi connectivity index (χ4v) is 2.70. The van der Waals surface area contributed by atoms with Gasteiger partial charge in [-0.15, -0.1) is 0 Å². The van der Waals surface area contributed by atoms with Crippen molar-refractivity contribution >= 4 is 17.8 Å². The van der Waals surface area contributed by atoms with Gasteiger partial charge in [0.15, 0.2) is 0 Å². The predicted octanol–water partition coefficient (Wildman–Crippen LogP) is 2.57. The molecule has 0 unspecified atom stereocenters. The van der Waals surface area contributed by atoms with E-state index >= 15 is 0 Å². The van der Waals surface area contributed by atoms with Crippen LogP contribution in [-0.2, 0) is 11.4 Å². The number of benzene rings is 1. The highest BCUT2D eigenvalue weighted by Gasteiger charge is 2.10. The van der Waals surface area contributed by atoms with Crippen LogP contribution in [0.3, 0.4) is 0 Å². The van der Waals surface area contributed by atoms with Crippen LogP contribution in [0.2, 0.25) is 0 Å². The number of aliphatic hydroxyl groups excluding tert-OH is 1. The molecule has 1 aromatic carbocycles. The van der Waals surface area contributed by atoms with E-state index in [1.54, 1.807) is 6.92 Å². The van der Waals surface area contributed by atoms with Crippen molar-refractivity contribution in [2.24, 2.45) is 4.99 Å². The molecule has 25 heavy (non-hydrogen) atoms. The lowest BCUT2D eigenvalue weighted by molar-refractivity contribution is -0.114. The molecule has 3 N–H and O–H groups in total. The van der Waals surface area contributed by atoms with Crippen molar-refractivity contribution < 1.29 is 15.0 Å². The summed E-state index contributed by atoms with van der Waals surface area (Å²) in [5.41, 5.74) is 5.21. The largest absolute Gasteiger partial charge is 0.505 e. The third-order valence-electron chi connectivity index (χ3n) is 3.92. The number of carbonyl (C=O) groups excluding carboxylic acids is 1. The van der Waals surface area contributed by atoms with Crippen molar-refractivity contribution in [2.45, 2.75) is 34.3 Å². The predicted molar refractivity (Wildman–Crippen MR) is 98.3 cm³/mol. The first-order valence-corrected chi connectivity index (χ1v) is 7.99. The van der Waals surface area contributed by atoms with Gasteiger partial charge in [0.25, 0.3) is 0 Å². The summed E-state index contributed by atoms with van der Waals surface area (Å²) in [7, 11) is 0. The lowest BCUT2D eigenvalue weighted by Crippen LogP contribution is -2.16. The Morgan fingerprint density at radius 1 is 1.24 bits per heavy atom. The minimum atomic E-state index is -0.268. The molecule has 0 fully saturated rings. The van der Waals surface area contributed by atoms with Gasteiger partial charge >= 0.3 is 0 Å². The van der Waals surface area contributed by atoms with Crippen LogP contribution in [0.15, 0.2) is 23.3 Å². The zero-order chi connectivity index (χ0) is 18.6. The van der Waals surface area contributed by atoms with Gasteiger partial charge in [-0.3, -0.25) is 14.8 Å². The van der Waals surface area contributed by atoms with E-state index in [-0.39, 0.29) is 24.8 Å². The number of hydrogen-bond donors (Lipinski definition) is 3. The maximum absolute atomic E-state index is 12.1. The quantitative estimate of drug-likeness (QED) is 0.729. The molecular formula is C19H23N3O3. The standard InChI is InChI=1S/C19H23N3O3/c1-11-5-12(2)18(13(3)6-11)22-17(24)9-20-8-16-15(10-23)7-21-14(4)19(16)25/h5-8,23,25H,9-10H2,1-4H3,(H,22,24). The van der Waals surface area contributed by atoms with Gasteiger partial charge in [-0.2, -0.15) is 0 Å². The van der Waals surface area contributed by atoms with Crippen molar-refractivity contribution in [2.75, 3.05) is 11.9 Å². The highest BCUT2D eigenvalue weighted by Crippen LogP contribution is 2.23. The monoisotopic (exact) mass is 341 g/mol. The number of nitrogens with one attached hydrogen (secondary N) is 1. The van der Waals surface area contributed by atoms with E-state index < -0.39 is 0 Å². The zero-order valence-corrected chi connectivity index (χ0v) is 14.9. The number of anilines is 1. The molecule has 132 valence electrons. The SMILES string of the molecule is Cc1cc(C)c(NC(=O)CN=Cc2c(CO)cnc(C)c2O)c(C)c1. The number of aliphatic imine (C=N–C) groups is 1. The molecule has 2 rings (SSSR count). The molecule has 0 radical (unpaired) electrons. The van der Waals surface area contributed by atoms with Gasteiger partial charge in [0, 0.05) is 29.2 Å². The molecule has 0 saturated carbocycles. The van der Waals surface area contributed by atoms with Crippen LogP contribution in [0.1, 0.15) is 33.5 Å². The first-order chi connectivity index (χ1) is 11.8. The van der Waals surface area contributed by atoms with Gasteiger partial charge in [-0.1, -0.05) is 17.7 Å². The number of carbonyl (C=O) groups is 1. The van der Waals surface area contributed by atoms with Crippen LogP contribution in [0, 0.1) is 27.7 Å². The van der Waals surface area contributed by atoms with Crippen molar-refractivity contribution in [1.82, 2.24) is 4.98 Å². The summed E-state index contributed by atoms with van der Waals surface area (Å²) in [6, 6.07) is 4.02. The molecule has 0 bridgehead atoms. The smallest absolute Gasteiger partial charge is 0.246 e. The number of rotatable bonds is 5. The zero-order valence-electron chi connectivity index (χ0n) is 14.9. The Kier molecular flexibility index (Phi) is 5.88. The number of aryl methyl sites for hydroxylation is 4. The Morgan fingerprint density at radius 3 is 2.48 bits per heavy atom. The van der Waals surface area contributed by atoms with Gasteiger partial charge < -0.3 is 15.5 Å². The Bertz CT molecular complexity index is 806. The molecular weight excluding hydrogens is 318 g/mol. The second-order valence-corrected chi connectivity index (χ2v) is 6.08. The number of nitrogens with zero attached hydrogens (tertiary/aromatic N) is 2. The highest BCUT2D eigenvalue weighted by molar-refractivity contribution is 5.95. The summed E-state index contributed by atoms with van der Waals surface area (Å²) in [5.74, 6) is -0.289.